The van der Waals surface area contributed by atoms with Crippen molar-refractivity contribution in [1.82, 2.24) is 0 Å². The number of ketones is 1. The molecule has 0 spiro atoms. The fourth-order valence-electron chi connectivity index (χ4n) is 2.61. The normalized spacial score (nSPS) is 18.5. The lowest BCUT2D eigenvalue weighted by atomic mass is 10.0. The van der Waals surface area contributed by atoms with Gasteiger partial charge in [-0.25, -0.2) is 0 Å². The summed E-state index contributed by atoms with van der Waals surface area (Å²) >= 11 is 0. The molecule has 1 rings (SSSR count). The molecule has 0 saturated heterocycles. The van der Waals surface area contributed by atoms with E-state index in [9.17, 15) is 9.59 Å². The highest BCUT2D eigenvalue weighted by atomic mass is 16.5. The Hall–Kier alpha value is -1.16. The van der Waals surface area contributed by atoms with E-state index in [4.69, 9.17) is 9.47 Å². The molecular weight excluding hydrogens is 280 g/mol. The van der Waals surface area contributed by atoms with Crippen molar-refractivity contribution in [2.24, 2.45) is 0 Å². The molecule has 0 bridgehead atoms. The molecule has 0 saturated carbocycles. The standard InChI is InChI=1S/C18H30O4/c1-5-21-17(20)11-9-7-6-8-10-14-12-15(13-16(14)19)22-18(2,3)4/h12,15H,5-11,13H2,1-4H3. The van der Waals surface area contributed by atoms with E-state index >= 15 is 0 Å². The summed E-state index contributed by atoms with van der Waals surface area (Å²) in [7, 11) is 0. The lowest BCUT2D eigenvalue weighted by Crippen LogP contribution is -2.25. The van der Waals surface area contributed by atoms with E-state index in [0.29, 0.717) is 19.4 Å². The van der Waals surface area contributed by atoms with Crippen molar-refractivity contribution >= 4 is 11.8 Å². The number of hydrogen-bond acceptors (Lipinski definition) is 4. The lowest BCUT2D eigenvalue weighted by Gasteiger charge is -2.23. The SMILES string of the molecule is CCOC(=O)CCCCCCC1=CC(OC(C)(C)C)CC1=O. The van der Waals surface area contributed by atoms with Crippen LogP contribution in [-0.4, -0.2) is 30.1 Å². The van der Waals surface area contributed by atoms with Crippen molar-refractivity contribution in [3.05, 3.63) is 11.6 Å². The third-order valence-electron chi connectivity index (χ3n) is 3.52. The number of allylic oxidation sites excluding steroid dienone is 1. The first-order chi connectivity index (χ1) is 10.3. The van der Waals surface area contributed by atoms with Gasteiger partial charge in [-0.05, 0) is 58.6 Å². The van der Waals surface area contributed by atoms with Crippen molar-refractivity contribution < 1.29 is 19.1 Å². The monoisotopic (exact) mass is 310 g/mol. The third kappa shape index (κ3) is 7.74. The van der Waals surface area contributed by atoms with Crippen LogP contribution in [0.25, 0.3) is 0 Å². The van der Waals surface area contributed by atoms with Gasteiger partial charge in [-0.3, -0.25) is 9.59 Å². The van der Waals surface area contributed by atoms with E-state index < -0.39 is 0 Å². The Morgan fingerprint density at radius 2 is 1.91 bits per heavy atom. The second-order valence-corrected chi connectivity index (χ2v) is 6.81. The second kappa shape index (κ2) is 9.09. The van der Waals surface area contributed by atoms with E-state index in [-0.39, 0.29) is 23.5 Å². The average Bonchev–Trinajstić information content (AvgIpc) is 2.71. The topological polar surface area (TPSA) is 52.6 Å². The zero-order chi connectivity index (χ0) is 16.6. The molecule has 4 heteroatoms. The summed E-state index contributed by atoms with van der Waals surface area (Å²) in [6.07, 6.45) is 7.62. The van der Waals surface area contributed by atoms with Gasteiger partial charge in [0.25, 0.3) is 0 Å². The molecule has 0 aromatic carbocycles. The number of carbonyl (C=O) groups is 2. The lowest BCUT2D eigenvalue weighted by molar-refractivity contribution is -0.143. The minimum atomic E-state index is -0.218. The number of hydrogen-bond donors (Lipinski definition) is 0. The zero-order valence-electron chi connectivity index (χ0n) is 14.4. The van der Waals surface area contributed by atoms with Crippen molar-refractivity contribution in [2.45, 2.75) is 84.3 Å². The number of ether oxygens (including phenoxy) is 2. The van der Waals surface area contributed by atoms with Crippen molar-refractivity contribution in [2.75, 3.05) is 6.61 Å². The van der Waals surface area contributed by atoms with Crippen LogP contribution in [0.4, 0.5) is 0 Å². The zero-order valence-corrected chi connectivity index (χ0v) is 14.4. The molecule has 0 aromatic heterocycles. The summed E-state index contributed by atoms with van der Waals surface area (Å²) in [5.74, 6) is 0.110. The van der Waals surface area contributed by atoms with E-state index in [0.717, 1.165) is 37.7 Å². The van der Waals surface area contributed by atoms with Gasteiger partial charge >= 0.3 is 5.97 Å². The van der Waals surface area contributed by atoms with Gasteiger partial charge in [-0.15, -0.1) is 0 Å². The van der Waals surface area contributed by atoms with Crippen molar-refractivity contribution in [3.63, 3.8) is 0 Å². The summed E-state index contributed by atoms with van der Waals surface area (Å²) < 4.78 is 10.7. The molecule has 1 unspecified atom stereocenters. The predicted molar refractivity (Wildman–Crippen MR) is 86.7 cm³/mol. The number of Topliss-reactive ketones (excluding diaryl/α,β-unsaturated/α-hetero) is 1. The van der Waals surface area contributed by atoms with Gasteiger partial charge in [-0.2, -0.15) is 0 Å². The molecule has 0 amide bonds. The number of carbonyl (C=O) groups excluding carboxylic acids is 2. The van der Waals surface area contributed by atoms with Crippen molar-refractivity contribution in [1.29, 1.82) is 0 Å². The summed E-state index contributed by atoms with van der Waals surface area (Å²) in [6.45, 7) is 8.29. The minimum absolute atomic E-state index is 0.0636. The molecule has 22 heavy (non-hydrogen) atoms. The molecule has 1 aliphatic rings. The second-order valence-electron chi connectivity index (χ2n) is 6.81. The Morgan fingerprint density at radius 3 is 2.55 bits per heavy atom. The van der Waals surface area contributed by atoms with Crippen LogP contribution in [0.15, 0.2) is 11.6 Å². The summed E-state index contributed by atoms with van der Waals surface area (Å²) in [6, 6.07) is 0. The van der Waals surface area contributed by atoms with Crippen LogP contribution in [0.1, 0.15) is 72.6 Å². The highest BCUT2D eigenvalue weighted by Crippen LogP contribution is 2.25. The van der Waals surface area contributed by atoms with Crippen LogP contribution >= 0.6 is 0 Å². The maximum Gasteiger partial charge on any atom is 0.305 e. The summed E-state index contributed by atoms with van der Waals surface area (Å²) in [4.78, 5) is 23.1. The van der Waals surface area contributed by atoms with Gasteiger partial charge in [0.2, 0.25) is 0 Å². The average molecular weight is 310 g/mol. The molecule has 1 atom stereocenters. The van der Waals surface area contributed by atoms with E-state index in [2.05, 4.69) is 0 Å². The molecule has 0 aliphatic heterocycles. The third-order valence-corrected chi connectivity index (χ3v) is 3.52. The highest BCUT2D eigenvalue weighted by molar-refractivity contribution is 5.98. The summed E-state index contributed by atoms with van der Waals surface area (Å²) in [5.41, 5.74) is 0.698. The van der Waals surface area contributed by atoms with Crippen LogP contribution in [-0.2, 0) is 19.1 Å². The van der Waals surface area contributed by atoms with Gasteiger partial charge in [0, 0.05) is 12.8 Å². The first-order valence-corrected chi connectivity index (χ1v) is 8.39. The van der Waals surface area contributed by atoms with Gasteiger partial charge < -0.3 is 9.47 Å². The first-order valence-electron chi connectivity index (χ1n) is 8.39. The molecule has 126 valence electrons. The van der Waals surface area contributed by atoms with E-state index in [1.807, 2.05) is 33.8 Å². The van der Waals surface area contributed by atoms with Gasteiger partial charge in [0.05, 0.1) is 18.3 Å². The molecular formula is C18H30O4. The molecule has 0 radical (unpaired) electrons. The molecule has 0 heterocycles. The van der Waals surface area contributed by atoms with Crippen LogP contribution in [0.2, 0.25) is 0 Å². The maximum atomic E-state index is 11.9. The summed E-state index contributed by atoms with van der Waals surface area (Å²) in [5, 5.41) is 0. The fourth-order valence-corrected chi connectivity index (χ4v) is 2.61. The minimum Gasteiger partial charge on any atom is -0.466 e. The number of unbranched alkanes of at least 4 members (excludes halogenated alkanes) is 3. The van der Waals surface area contributed by atoms with Gasteiger partial charge in [0.1, 0.15) is 0 Å². The van der Waals surface area contributed by atoms with Crippen molar-refractivity contribution in [3.8, 4) is 0 Å². The van der Waals surface area contributed by atoms with Crippen LogP contribution in [0, 0.1) is 0 Å². The molecule has 0 aromatic rings. The van der Waals surface area contributed by atoms with Gasteiger partial charge in [0.15, 0.2) is 5.78 Å². The van der Waals surface area contributed by atoms with Crippen LogP contribution in [0.5, 0.6) is 0 Å². The maximum absolute atomic E-state index is 11.9. The quantitative estimate of drug-likeness (QED) is 0.477. The fraction of sp³-hybridized carbons (Fsp3) is 0.778. The first kappa shape index (κ1) is 18.9. The van der Waals surface area contributed by atoms with E-state index in [1.54, 1.807) is 0 Å². The highest BCUT2D eigenvalue weighted by Gasteiger charge is 2.27. The largest absolute Gasteiger partial charge is 0.466 e. The Morgan fingerprint density at radius 1 is 1.23 bits per heavy atom. The Bertz CT molecular complexity index is 404. The number of rotatable bonds is 9. The van der Waals surface area contributed by atoms with Gasteiger partial charge in [-0.1, -0.05) is 12.8 Å². The Balaban J connectivity index is 2.18. The van der Waals surface area contributed by atoms with Crippen LogP contribution in [0.3, 0.4) is 0 Å². The number of esters is 1. The Kier molecular flexibility index (Phi) is 7.80. The van der Waals surface area contributed by atoms with Crippen LogP contribution < -0.4 is 0 Å². The predicted octanol–water partition coefficient (Wildman–Crippen LogP) is 3.97. The smallest absolute Gasteiger partial charge is 0.305 e. The molecule has 0 fully saturated rings. The molecule has 4 nitrogen and oxygen atoms in total. The molecule has 0 N–H and O–H groups in total. The Labute approximate surface area is 134 Å². The van der Waals surface area contributed by atoms with E-state index in [1.165, 1.54) is 0 Å². The molecule has 1 aliphatic carbocycles.